The van der Waals surface area contributed by atoms with Crippen LogP contribution in [0.2, 0.25) is 5.02 Å². The van der Waals surface area contributed by atoms with Gasteiger partial charge in [-0.3, -0.25) is 4.57 Å². The highest BCUT2D eigenvalue weighted by atomic mass is 35.5. The Kier molecular flexibility index (Phi) is 6.61. The summed E-state index contributed by atoms with van der Waals surface area (Å²) in [6.07, 6.45) is 0. The van der Waals surface area contributed by atoms with E-state index in [4.69, 9.17) is 32.1 Å². The number of halogens is 1. The minimum absolute atomic E-state index is 0.174. The zero-order chi connectivity index (χ0) is 18.6. The lowest BCUT2D eigenvalue weighted by molar-refractivity contribution is 0.225. The molecule has 1 aliphatic heterocycles. The van der Waals surface area contributed by atoms with Crippen molar-refractivity contribution < 1.29 is 13.6 Å². The summed E-state index contributed by atoms with van der Waals surface area (Å²) >= 11 is 6.95. The van der Waals surface area contributed by atoms with Crippen molar-refractivity contribution in [1.82, 2.24) is 0 Å². The Morgan fingerprint density at radius 1 is 1.20 bits per heavy atom. The van der Waals surface area contributed by atoms with Crippen LogP contribution in [-0.4, -0.2) is 13.2 Å². The Morgan fingerprint density at radius 3 is 2.24 bits per heavy atom. The second-order valence-corrected chi connectivity index (χ2v) is 8.57. The monoisotopic (exact) mass is 399 g/mol. The van der Waals surface area contributed by atoms with Crippen LogP contribution < -0.4 is 11.5 Å². The molecule has 9 heteroatoms. The van der Waals surface area contributed by atoms with Crippen molar-refractivity contribution in [2.45, 2.75) is 19.8 Å². The van der Waals surface area contributed by atoms with Crippen LogP contribution in [0.1, 0.15) is 25.3 Å². The first-order valence-corrected chi connectivity index (χ1v) is 10.3. The summed E-state index contributed by atoms with van der Waals surface area (Å²) in [7, 11) is -3.70. The maximum absolute atomic E-state index is 13.4. The number of nitriles is 1. The van der Waals surface area contributed by atoms with E-state index in [2.05, 4.69) is 6.07 Å². The zero-order valence-corrected chi connectivity index (χ0v) is 16.3. The lowest BCUT2D eigenvalue weighted by Gasteiger charge is -2.31. The van der Waals surface area contributed by atoms with E-state index in [1.54, 1.807) is 38.1 Å². The molecule has 1 aromatic carbocycles. The summed E-state index contributed by atoms with van der Waals surface area (Å²) in [4.78, 5) is 0. The number of nitrogens with zero attached hydrogens (tertiary/aromatic N) is 1. The summed E-state index contributed by atoms with van der Waals surface area (Å²) in [5.74, 6) is -0.715. The van der Waals surface area contributed by atoms with Crippen molar-refractivity contribution in [2.24, 2.45) is 11.5 Å². The van der Waals surface area contributed by atoms with Crippen molar-refractivity contribution in [3.05, 3.63) is 55.8 Å². The van der Waals surface area contributed by atoms with E-state index in [9.17, 15) is 9.83 Å². The largest absolute Gasteiger partial charge is 0.393 e. The SMILES string of the molecule is CCOP(=O)(OCC)C1=C(N)SC(N)=C(C#N)[C@H]1c1ccc(Cl)cc1. The molecule has 0 fully saturated rings. The number of nitrogens with two attached hydrogens (primary N) is 2. The van der Waals surface area contributed by atoms with Crippen molar-refractivity contribution in [3.8, 4) is 6.07 Å². The van der Waals surface area contributed by atoms with Gasteiger partial charge in [0.2, 0.25) is 0 Å². The predicted molar refractivity (Wildman–Crippen MR) is 101 cm³/mol. The fourth-order valence-electron chi connectivity index (χ4n) is 2.56. The molecular weight excluding hydrogens is 381 g/mol. The third-order valence-corrected chi connectivity index (χ3v) is 7.09. The molecule has 1 heterocycles. The summed E-state index contributed by atoms with van der Waals surface area (Å²) < 4.78 is 24.3. The average Bonchev–Trinajstić information content (AvgIpc) is 2.55. The molecule has 0 aliphatic carbocycles. The van der Waals surface area contributed by atoms with Gasteiger partial charge in [0.1, 0.15) is 0 Å². The zero-order valence-electron chi connectivity index (χ0n) is 13.9. The molecule has 6 nitrogen and oxygen atoms in total. The van der Waals surface area contributed by atoms with Gasteiger partial charge in [0, 0.05) is 5.02 Å². The van der Waals surface area contributed by atoms with Gasteiger partial charge in [-0.05, 0) is 31.5 Å². The van der Waals surface area contributed by atoms with Gasteiger partial charge in [-0.2, -0.15) is 5.26 Å². The summed E-state index contributed by atoms with van der Waals surface area (Å²) in [5, 5.41) is 10.9. The molecule has 0 saturated heterocycles. The first-order chi connectivity index (χ1) is 11.9. The fraction of sp³-hybridized carbons (Fsp3) is 0.312. The van der Waals surface area contributed by atoms with Gasteiger partial charge < -0.3 is 20.5 Å². The van der Waals surface area contributed by atoms with Gasteiger partial charge in [0.25, 0.3) is 0 Å². The van der Waals surface area contributed by atoms with Crippen LogP contribution in [0.4, 0.5) is 0 Å². The fourth-order valence-corrected chi connectivity index (χ4v) is 5.78. The molecule has 25 heavy (non-hydrogen) atoms. The van der Waals surface area contributed by atoms with Crippen LogP contribution in [0.5, 0.6) is 0 Å². The molecule has 1 atom stereocenters. The van der Waals surface area contributed by atoms with Crippen LogP contribution in [0, 0.1) is 11.3 Å². The molecule has 1 aliphatic rings. The topological polar surface area (TPSA) is 111 Å². The summed E-state index contributed by atoms with van der Waals surface area (Å²) in [6, 6.07) is 8.95. The van der Waals surface area contributed by atoms with Crippen molar-refractivity contribution in [2.75, 3.05) is 13.2 Å². The van der Waals surface area contributed by atoms with Gasteiger partial charge in [-0.15, -0.1) is 0 Å². The van der Waals surface area contributed by atoms with Crippen LogP contribution in [0.3, 0.4) is 0 Å². The van der Waals surface area contributed by atoms with Crippen molar-refractivity contribution in [3.63, 3.8) is 0 Å². The summed E-state index contributed by atoms with van der Waals surface area (Å²) in [6.45, 7) is 3.77. The van der Waals surface area contributed by atoms with E-state index in [1.807, 2.05) is 0 Å². The number of rotatable bonds is 6. The van der Waals surface area contributed by atoms with Crippen LogP contribution in [0.25, 0.3) is 0 Å². The Bertz CT molecular complexity index is 792. The predicted octanol–water partition coefficient (Wildman–Crippen LogP) is 4.26. The highest BCUT2D eigenvalue weighted by molar-refractivity contribution is 8.06. The summed E-state index contributed by atoms with van der Waals surface area (Å²) in [5.41, 5.74) is 13.1. The lowest BCUT2D eigenvalue weighted by atomic mass is 9.91. The average molecular weight is 400 g/mol. The molecular formula is C16H19ClN3O3PS. The molecule has 0 radical (unpaired) electrons. The Balaban J connectivity index is 2.69. The number of hydrogen-bond donors (Lipinski definition) is 2. The lowest BCUT2D eigenvalue weighted by Crippen LogP contribution is -2.20. The number of allylic oxidation sites excluding steroid dienone is 2. The molecule has 0 unspecified atom stereocenters. The van der Waals surface area contributed by atoms with Crippen LogP contribution in [0.15, 0.2) is 45.2 Å². The molecule has 0 amide bonds. The molecule has 0 bridgehead atoms. The van der Waals surface area contributed by atoms with E-state index in [0.717, 1.165) is 11.8 Å². The second kappa shape index (κ2) is 8.31. The third kappa shape index (κ3) is 4.05. The molecule has 1 aromatic rings. The normalized spacial score (nSPS) is 18.4. The maximum Gasteiger partial charge on any atom is 0.360 e. The van der Waals surface area contributed by atoms with E-state index in [-0.39, 0.29) is 34.2 Å². The number of benzene rings is 1. The van der Waals surface area contributed by atoms with E-state index < -0.39 is 13.5 Å². The van der Waals surface area contributed by atoms with Crippen molar-refractivity contribution in [1.29, 1.82) is 5.26 Å². The number of thioether (sulfide) groups is 1. The van der Waals surface area contributed by atoms with Gasteiger partial charge in [-0.1, -0.05) is 35.5 Å². The van der Waals surface area contributed by atoms with E-state index in [0.29, 0.717) is 10.6 Å². The molecule has 0 saturated carbocycles. The minimum atomic E-state index is -3.70. The van der Waals surface area contributed by atoms with E-state index >= 15 is 0 Å². The molecule has 0 spiro atoms. The minimum Gasteiger partial charge on any atom is -0.393 e. The van der Waals surface area contributed by atoms with Crippen LogP contribution >= 0.6 is 31.0 Å². The molecule has 0 aromatic heterocycles. The highest BCUT2D eigenvalue weighted by Gasteiger charge is 2.43. The quantitative estimate of drug-likeness (QED) is 0.687. The Labute approximate surface area is 156 Å². The maximum atomic E-state index is 13.4. The Hall–Kier alpha value is -1.42. The van der Waals surface area contributed by atoms with E-state index in [1.165, 1.54) is 0 Å². The Morgan fingerprint density at radius 2 is 1.76 bits per heavy atom. The molecule has 4 N–H and O–H groups in total. The second-order valence-electron chi connectivity index (χ2n) is 5.06. The highest BCUT2D eigenvalue weighted by Crippen LogP contribution is 2.65. The van der Waals surface area contributed by atoms with Crippen molar-refractivity contribution >= 4 is 31.0 Å². The first kappa shape index (κ1) is 19.9. The third-order valence-electron chi connectivity index (χ3n) is 3.52. The molecule has 134 valence electrons. The van der Waals surface area contributed by atoms with Gasteiger partial charge >= 0.3 is 7.60 Å². The smallest absolute Gasteiger partial charge is 0.360 e. The number of hydrogen-bond acceptors (Lipinski definition) is 7. The standard InChI is InChI=1S/C16H19ClN3O3PS/c1-3-22-24(21,23-4-2)14-13(10-5-7-11(17)8-6-10)12(9-18)15(19)25-16(14)20/h5-8,13H,3-4,19-20H2,1-2H3/t13-/m1/s1. The van der Waals surface area contributed by atoms with Gasteiger partial charge in [-0.25, -0.2) is 0 Å². The van der Waals surface area contributed by atoms with Crippen LogP contribution in [-0.2, 0) is 13.6 Å². The first-order valence-electron chi connectivity index (χ1n) is 7.60. The van der Waals surface area contributed by atoms with Gasteiger partial charge in [0.15, 0.2) is 0 Å². The van der Waals surface area contributed by atoms with Gasteiger partial charge in [0.05, 0.1) is 46.1 Å². The molecule has 2 rings (SSSR count).